The van der Waals surface area contributed by atoms with Gasteiger partial charge in [-0.15, -0.1) is 5.10 Å². The Morgan fingerprint density at radius 3 is 2.68 bits per heavy atom. The number of carboxylic acids is 1. The lowest BCUT2D eigenvalue weighted by Gasteiger charge is -2.29. The van der Waals surface area contributed by atoms with Crippen LogP contribution in [0.2, 0.25) is 0 Å². The largest absolute Gasteiger partial charge is 0.481 e. The summed E-state index contributed by atoms with van der Waals surface area (Å²) in [5, 5.41) is 17.3. The molecule has 2 rings (SSSR count). The highest BCUT2D eigenvalue weighted by Gasteiger charge is 2.38. The van der Waals surface area contributed by atoms with Gasteiger partial charge in [0, 0.05) is 6.54 Å². The molecule has 2 heterocycles. The number of carbonyl (C=O) groups is 1. The van der Waals surface area contributed by atoms with Crippen molar-refractivity contribution in [2.45, 2.75) is 26.8 Å². The molecular formula is C12H18N4O3. The summed E-state index contributed by atoms with van der Waals surface area (Å²) in [4.78, 5) is 17.5. The molecule has 1 fully saturated rings. The second-order valence-corrected chi connectivity index (χ2v) is 4.62. The van der Waals surface area contributed by atoms with Crippen molar-refractivity contribution in [2.75, 3.05) is 24.7 Å². The van der Waals surface area contributed by atoms with Crippen LogP contribution < -0.4 is 4.90 Å². The lowest BCUT2D eigenvalue weighted by molar-refractivity contribution is -0.141. The van der Waals surface area contributed by atoms with Crippen molar-refractivity contribution in [1.29, 1.82) is 0 Å². The minimum absolute atomic E-state index is 0.231. The zero-order chi connectivity index (χ0) is 14.0. The summed E-state index contributed by atoms with van der Waals surface area (Å²) in [6.45, 7) is 6.86. The normalized spacial score (nSPS) is 22.5. The summed E-state index contributed by atoms with van der Waals surface area (Å²) >= 11 is 0. The van der Waals surface area contributed by atoms with Crippen LogP contribution in [-0.4, -0.2) is 52.1 Å². The molecule has 1 aromatic heterocycles. The average molecular weight is 266 g/mol. The molecule has 104 valence electrons. The van der Waals surface area contributed by atoms with E-state index in [2.05, 4.69) is 15.2 Å². The van der Waals surface area contributed by atoms with Gasteiger partial charge in [0.15, 0.2) is 0 Å². The first kappa shape index (κ1) is 13.7. The zero-order valence-electron chi connectivity index (χ0n) is 11.3. The van der Waals surface area contributed by atoms with Gasteiger partial charge in [0.2, 0.25) is 5.95 Å². The molecule has 2 atom stereocenters. The Morgan fingerprint density at radius 2 is 2.11 bits per heavy atom. The predicted octanol–water partition coefficient (Wildman–Crippen LogP) is 0.414. The predicted molar refractivity (Wildman–Crippen MR) is 68.1 cm³/mol. The van der Waals surface area contributed by atoms with Crippen LogP contribution >= 0.6 is 0 Å². The quantitative estimate of drug-likeness (QED) is 0.844. The summed E-state index contributed by atoms with van der Waals surface area (Å²) < 4.78 is 5.29. The van der Waals surface area contributed by atoms with Crippen molar-refractivity contribution in [3.05, 3.63) is 11.4 Å². The fraction of sp³-hybridized carbons (Fsp3) is 0.667. The zero-order valence-corrected chi connectivity index (χ0v) is 11.3. The number of aromatic nitrogens is 3. The topological polar surface area (TPSA) is 88.4 Å². The van der Waals surface area contributed by atoms with Crippen molar-refractivity contribution in [2.24, 2.45) is 5.92 Å². The molecule has 19 heavy (non-hydrogen) atoms. The number of hydrogen-bond donors (Lipinski definition) is 1. The number of aryl methyl sites for hydroxylation is 2. The second-order valence-electron chi connectivity index (χ2n) is 4.62. The Bertz CT molecular complexity index is 480. The van der Waals surface area contributed by atoms with Gasteiger partial charge in [0.25, 0.3) is 0 Å². The summed E-state index contributed by atoms with van der Waals surface area (Å²) in [5.41, 5.74) is 1.58. The van der Waals surface area contributed by atoms with E-state index < -0.39 is 11.9 Å². The van der Waals surface area contributed by atoms with Crippen LogP contribution in [0.1, 0.15) is 18.3 Å². The molecule has 0 bridgehead atoms. The van der Waals surface area contributed by atoms with E-state index in [1.807, 2.05) is 25.7 Å². The number of carboxylic acid groups (broad SMARTS) is 1. The molecular weight excluding hydrogens is 248 g/mol. The van der Waals surface area contributed by atoms with Gasteiger partial charge in [-0.1, -0.05) is 0 Å². The van der Waals surface area contributed by atoms with E-state index in [9.17, 15) is 9.90 Å². The Morgan fingerprint density at radius 1 is 1.37 bits per heavy atom. The molecule has 1 aromatic rings. The van der Waals surface area contributed by atoms with Crippen molar-refractivity contribution in [3.8, 4) is 0 Å². The maximum Gasteiger partial charge on any atom is 0.311 e. The second kappa shape index (κ2) is 5.48. The molecule has 0 saturated carbocycles. The number of rotatable bonds is 4. The maximum absolute atomic E-state index is 11.2. The molecule has 0 aromatic carbocycles. The summed E-state index contributed by atoms with van der Waals surface area (Å²) in [6.07, 6.45) is 0. The lowest BCUT2D eigenvalue weighted by Crippen LogP contribution is -2.44. The first-order chi connectivity index (χ1) is 9.04. The van der Waals surface area contributed by atoms with E-state index in [1.165, 1.54) is 0 Å². The average Bonchev–Trinajstić information content (AvgIpc) is 2.84. The first-order valence-corrected chi connectivity index (χ1v) is 6.29. The third-order valence-corrected chi connectivity index (χ3v) is 3.45. The van der Waals surface area contributed by atoms with Crippen molar-refractivity contribution < 1.29 is 14.6 Å². The van der Waals surface area contributed by atoms with Gasteiger partial charge in [-0.3, -0.25) is 4.79 Å². The van der Waals surface area contributed by atoms with Crippen LogP contribution in [0.3, 0.4) is 0 Å². The van der Waals surface area contributed by atoms with Gasteiger partial charge < -0.3 is 14.7 Å². The highest BCUT2D eigenvalue weighted by molar-refractivity contribution is 5.72. The standard InChI is InChI=1S/C12H18N4O3/c1-4-16(10-6-19-5-9(10)11(17)18)12-13-7(2)8(3)14-15-12/h9-10H,4-6H2,1-3H3,(H,17,18). The number of likely N-dealkylation sites (N-methyl/N-ethyl adjacent to an activating group) is 1. The fourth-order valence-electron chi connectivity index (χ4n) is 2.18. The minimum Gasteiger partial charge on any atom is -0.481 e. The van der Waals surface area contributed by atoms with E-state index in [0.29, 0.717) is 19.1 Å². The van der Waals surface area contributed by atoms with Gasteiger partial charge in [-0.25, -0.2) is 4.98 Å². The molecule has 0 amide bonds. The van der Waals surface area contributed by atoms with Crippen LogP contribution in [0.5, 0.6) is 0 Å². The van der Waals surface area contributed by atoms with E-state index >= 15 is 0 Å². The number of aliphatic carboxylic acids is 1. The first-order valence-electron chi connectivity index (χ1n) is 6.29. The third-order valence-electron chi connectivity index (χ3n) is 3.45. The molecule has 2 unspecified atom stereocenters. The minimum atomic E-state index is -0.849. The Hall–Kier alpha value is -1.76. The monoisotopic (exact) mass is 266 g/mol. The summed E-state index contributed by atoms with van der Waals surface area (Å²) in [7, 11) is 0. The SMILES string of the molecule is CCN(c1nnc(C)c(C)n1)C1COCC1C(=O)O. The van der Waals surface area contributed by atoms with Crippen LogP contribution in [0.25, 0.3) is 0 Å². The van der Waals surface area contributed by atoms with Crippen LogP contribution in [0, 0.1) is 19.8 Å². The van der Waals surface area contributed by atoms with E-state index in [0.717, 1.165) is 11.4 Å². The molecule has 7 nitrogen and oxygen atoms in total. The van der Waals surface area contributed by atoms with Gasteiger partial charge >= 0.3 is 5.97 Å². The van der Waals surface area contributed by atoms with Crippen LogP contribution in [-0.2, 0) is 9.53 Å². The summed E-state index contributed by atoms with van der Waals surface area (Å²) in [6, 6.07) is -0.244. The van der Waals surface area contributed by atoms with Crippen molar-refractivity contribution >= 4 is 11.9 Å². The Kier molecular flexibility index (Phi) is 3.94. The van der Waals surface area contributed by atoms with Crippen molar-refractivity contribution in [1.82, 2.24) is 15.2 Å². The van der Waals surface area contributed by atoms with Crippen LogP contribution in [0.15, 0.2) is 0 Å². The van der Waals surface area contributed by atoms with Crippen molar-refractivity contribution in [3.63, 3.8) is 0 Å². The molecule has 0 spiro atoms. The highest BCUT2D eigenvalue weighted by Crippen LogP contribution is 2.23. The van der Waals surface area contributed by atoms with Gasteiger partial charge in [0.05, 0.1) is 30.6 Å². The number of hydrogen-bond acceptors (Lipinski definition) is 6. The molecule has 1 N–H and O–H groups in total. The van der Waals surface area contributed by atoms with Crippen LogP contribution in [0.4, 0.5) is 5.95 Å². The molecule has 0 aliphatic carbocycles. The third kappa shape index (κ3) is 2.65. The smallest absolute Gasteiger partial charge is 0.311 e. The molecule has 1 saturated heterocycles. The Labute approximate surface area is 111 Å². The number of ether oxygens (including phenoxy) is 1. The number of nitrogens with zero attached hydrogens (tertiary/aromatic N) is 4. The highest BCUT2D eigenvalue weighted by atomic mass is 16.5. The maximum atomic E-state index is 11.2. The van der Waals surface area contributed by atoms with E-state index in [1.54, 1.807) is 0 Å². The van der Waals surface area contributed by atoms with Gasteiger partial charge in [0.1, 0.15) is 5.92 Å². The van der Waals surface area contributed by atoms with Gasteiger partial charge in [-0.2, -0.15) is 5.10 Å². The fourth-order valence-corrected chi connectivity index (χ4v) is 2.18. The van der Waals surface area contributed by atoms with Gasteiger partial charge in [-0.05, 0) is 20.8 Å². The number of anilines is 1. The van der Waals surface area contributed by atoms with E-state index in [-0.39, 0.29) is 12.6 Å². The summed E-state index contributed by atoms with van der Waals surface area (Å²) in [5.74, 6) is -0.935. The molecule has 1 aliphatic rings. The molecule has 1 aliphatic heterocycles. The Balaban J connectivity index is 2.28. The van der Waals surface area contributed by atoms with E-state index in [4.69, 9.17) is 4.74 Å². The molecule has 7 heteroatoms. The lowest BCUT2D eigenvalue weighted by atomic mass is 10.0. The molecule has 0 radical (unpaired) electrons.